The van der Waals surface area contributed by atoms with E-state index in [1.807, 2.05) is 0 Å². The van der Waals surface area contributed by atoms with Crippen LogP contribution in [0.4, 0.5) is 0 Å². The van der Waals surface area contributed by atoms with Crippen LogP contribution in [-0.2, 0) is 4.74 Å². The molecule has 2 fully saturated rings. The Morgan fingerprint density at radius 2 is 1.75 bits per heavy atom. The zero-order chi connectivity index (χ0) is 14.8. The highest BCUT2D eigenvalue weighted by Crippen LogP contribution is 2.43. The Bertz CT molecular complexity index is 290. The average Bonchev–Trinajstić information content (AvgIpc) is 3.17. The van der Waals surface area contributed by atoms with Gasteiger partial charge in [0.2, 0.25) is 0 Å². The highest BCUT2D eigenvalue weighted by atomic mass is 16.5. The first-order valence-electron chi connectivity index (χ1n) is 8.71. The van der Waals surface area contributed by atoms with Crippen molar-refractivity contribution in [3.05, 3.63) is 0 Å². The lowest BCUT2D eigenvalue weighted by Gasteiger charge is -2.42. The third-order valence-electron chi connectivity index (χ3n) is 5.25. The molecule has 3 atom stereocenters. The van der Waals surface area contributed by atoms with Crippen molar-refractivity contribution in [2.75, 3.05) is 13.2 Å². The largest absolute Gasteiger partial charge is 0.378 e. The van der Waals surface area contributed by atoms with Gasteiger partial charge in [-0.3, -0.25) is 0 Å². The highest BCUT2D eigenvalue weighted by Gasteiger charge is 2.36. The minimum atomic E-state index is 0.363. The smallest absolute Gasteiger partial charge is 0.0519 e. The lowest BCUT2D eigenvalue weighted by atomic mass is 9.65. The van der Waals surface area contributed by atoms with Crippen molar-refractivity contribution >= 4 is 0 Å². The van der Waals surface area contributed by atoms with Crippen molar-refractivity contribution in [2.45, 2.75) is 78.9 Å². The van der Waals surface area contributed by atoms with Gasteiger partial charge in [-0.05, 0) is 75.7 Å². The third kappa shape index (κ3) is 5.04. The van der Waals surface area contributed by atoms with Crippen LogP contribution in [0.2, 0.25) is 0 Å². The zero-order valence-electron chi connectivity index (χ0n) is 14.2. The molecule has 0 aliphatic heterocycles. The minimum absolute atomic E-state index is 0.363. The van der Waals surface area contributed by atoms with E-state index in [0.717, 1.165) is 30.4 Å². The first-order valence-corrected chi connectivity index (χ1v) is 8.71. The molecule has 3 unspecified atom stereocenters. The van der Waals surface area contributed by atoms with Crippen LogP contribution in [0.5, 0.6) is 0 Å². The van der Waals surface area contributed by atoms with Gasteiger partial charge >= 0.3 is 0 Å². The Morgan fingerprint density at radius 3 is 2.30 bits per heavy atom. The van der Waals surface area contributed by atoms with Crippen LogP contribution in [0.1, 0.15) is 66.7 Å². The summed E-state index contributed by atoms with van der Waals surface area (Å²) in [5.41, 5.74) is 0.449. The molecular formula is C18H35NO. The van der Waals surface area contributed by atoms with E-state index < -0.39 is 0 Å². The molecule has 2 rings (SSSR count). The van der Waals surface area contributed by atoms with Gasteiger partial charge in [-0.1, -0.05) is 20.8 Å². The summed E-state index contributed by atoms with van der Waals surface area (Å²) in [5.74, 6) is 2.44. The number of rotatable bonds is 6. The molecule has 2 nitrogen and oxygen atoms in total. The summed E-state index contributed by atoms with van der Waals surface area (Å²) in [5, 5.41) is 3.74. The maximum Gasteiger partial charge on any atom is 0.0519 e. The fourth-order valence-corrected chi connectivity index (χ4v) is 3.51. The van der Waals surface area contributed by atoms with Gasteiger partial charge in [-0.2, -0.15) is 0 Å². The monoisotopic (exact) mass is 281 g/mol. The second kappa shape index (κ2) is 6.79. The van der Waals surface area contributed by atoms with Crippen molar-refractivity contribution in [2.24, 2.45) is 23.2 Å². The number of nitrogens with one attached hydrogen (secondary N) is 1. The number of hydrogen-bond donors (Lipinski definition) is 1. The molecule has 0 spiro atoms. The molecule has 1 N–H and O–H groups in total. The lowest BCUT2D eigenvalue weighted by Crippen LogP contribution is -2.39. The Labute approximate surface area is 126 Å². The van der Waals surface area contributed by atoms with E-state index in [-0.39, 0.29) is 0 Å². The normalized spacial score (nSPS) is 31.8. The molecule has 0 aromatic heterocycles. The maximum absolute atomic E-state index is 5.97. The molecule has 20 heavy (non-hydrogen) atoms. The van der Waals surface area contributed by atoms with E-state index in [2.05, 4.69) is 39.9 Å². The summed E-state index contributed by atoms with van der Waals surface area (Å²) in [6, 6.07) is 0.835. The van der Waals surface area contributed by atoms with Gasteiger partial charge in [0.05, 0.1) is 12.7 Å². The lowest BCUT2D eigenvalue weighted by molar-refractivity contribution is -0.00185. The van der Waals surface area contributed by atoms with Crippen molar-refractivity contribution in [1.29, 1.82) is 0 Å². The Morgan fingerprint density at radius 1 is 1.05 bits per heavy atom. The van der Waals surface area contributed by atoms with Crippen LogP contribution in [-0.4, -0.2) is 25.3 Å². The number of hydrogen-bond acceptors (Lipinski definition) is 2. The fourth-order valence-electron chi connectivity index (χ4n) is 3.51. The fraction of sp³-hybridized carbons (Fsp3) is 1.00. The van der Waals surface area contributed by atoms with E-state index in [1.165, 1.54) is 38.6 Å². The second-order valence-electron chi connectivity index (χ2n) is 8.46. The molecule has 0 radical (unpaired) electrons. The molecule has 0 bridgehead atoms. The Hall–Kier alpha value is -0.0800. The topological polar surface area (TPSA) is 21.3 Å². The van der Waals surface area contributed by atoms with Crippen molar-refractivity contribution < 1.29 is 4.74 Å². The van der Waals surface area contributed by atoms with Gasteiger partial charge < -0.3 is 10.1 Å². The van der Waals surface area contributed by atoms with Crippen LogP contribution in [0.15, 0.2) is 0 Å². The van der Waals surface area contributed by atoms with Gasteiger partial charge in [0.1, 0.15) is 0 Å². The molecule has 118 valence electrons. The van der Waals surface area contributed by atoms with Gasteiger partial charge in [-0.25, -0.2) is 0 Å². The molecule has 0 amide bonds. The van der Waals surface area contributed by atoms with Crippen molar-refractivity contribution in [3.8, 4) is 0 Å². The van der Waals surface area contributed by atoms with Gasteiger partial charge in [0.25, 0.3) is 0 Å². The molecule has 2 aliphatic rings. The molecular weight excluding hydrogens is 246 g/mol. The minimum Gasteiger partial charge on any atom is -0.378 e. The summed E-state index contributed by atoms with van der Waals surface area (Å²) < 4.78 is 5.97. The van der Waals surface area contributed by atoms with Crippen molar-refractivity contribution in [3.63, 3.8) is 0 Å². The molecule has 0 aromatic carbocycles. The standard InChI is InChI=1S/C18H35NO/c1-13(2)20-12-15-10-16(18(3,4)5)7-6-14(15)11-19-17-8-9-17/h13-17,19H,6-12H2,1-5H3. The number of ether oxygens (including phenoxy) is 1. The van der Waals surface area contributed by atoms with Crippen LogP contribution in [0, 0.1) is 23.2 Å². The molecule has 0 aromatic rings. The summed E-state index contributed by atoms with van der Waals surface area (Å²) in [7, 11) is 0. The average molecular weight is 281 g/mol. The predicted octanol–water partition coefficient (Wildman–Crippen LogP) is 4.24. The summed E-state index contributed by atoms with van der Waals surface area (Å²) in [4.78, 5) is 0. The zero-order valence-corrected chi connectivity index (χ0v) is 14.2. The van der Waals surface area contributed by atoms with E-state index in [4.69, 9.17) is 4.74 Å². The summed E-state index contributed by atoms with van der Waals surface area (Å²) in [6.07, 6.45) is 7.29. The molecule has 2 aliphatic carbocycles. The van der Waals surface area contributed by atoms with Crippen molar-refractivity contribution in [1.82, 2.24) is 5.32 Å². The molecule has 0 saturated heterocycles. The molecule has 2 heteroatoms. The first kappa shape index (κ1) is 16.3. The van der Waals surface area contributed by atoms with Crippen LogP contribution in [0.3, 0.4) is 0 Å². The van der Waals surface area contributed by atoms with Crippen LogP contribution < -0.4 is 5.32 Å². The van der Waals surface area contributed by atoms with Gasteiger partial charge in [-0.15, -0.1) is 0 Å². The maximum atomic E-state index is 5.97. The first-order chi connectivity index (χ1) is 9.36. The third-order valence-corrected chi connectivity index (χ3v) is 5.25. The van der Waals surface area contributed by atoms with E-state index in [1.54, 1.807) is 0 Å². The van der Waals surface area contributed by atoms with Crippen LogP contribution >= 0.6 is 0 Å². The van der Waals surface area contributed by atoms with Crippen LogP contribution in [0.25, 0.3) is 0 Å². The summed E-state index contributed by atoms with van der Waals surface area (Å²) in [6.45, 7) is 13.7. The van der Waals surface area contributed by atoms with Gasteiger partial charge in [0.15, 0.2) is 0 Å². The van der Waals surface area contributed by atoms with E-state index >= 15 is 0 Å². The SMILES string of the molecule is CC(C)OCC1CC(C(C)(C)C)CCC1CNC1CC1. The second-order valence-corrected chi connectivity index (χ2v) is 8.46. The summed E-state index contributed by atoms with van der Waals surface area (Å²) >= 11 is 0. The van der Waals surface area contributed by atoms with Gasteiger partial charge in [0, 0.05) is 6.04 Å². The highest BCUT2D eigenvalue weighted by molar-refractivity contribution is 4.89. The Kier molecular flexibility index (Phi) is 5.53. The molecule has 2 saturated carbocycles. The quantitative estimate of drug-likeness (QED) is 0.786. The molecule has 0 heterocycles. The van der Waals surface area contributed by atoms with E-state index in [0.29, 0.717) is 11.5 Å². The predicted molar refractivity (Wildman–Crippen MR) is 85.9 cm³/mol. The van der Waals surface area contributed by atoms with E-state index in [9.17, 15) is 0 Å². The Balaban J connectivity index is 1.88.